The van der Waals surface area contributed by atoms with Gasteiger partial charge in [0.25, 0.3) is 5.56 Å². The number of aryl methyl sites for hydroxylation is 1. The van der Waals surface area contributed by atoms with Crippen molar-refractivity contribution in [1.29, 1.82) is 0 Å². The molecule has 1 aromatic heterocycles. The van der Waals surface area contributed by atoms with Crippen LogP contribution >= 0.6 is 11.8 Å². The molecule has 0 aliphatic carbocycles. The molecule has 0 spiro atoms. The van der Waals surface area contributed by atoms with Crippen LogP contribution in [0.2, 0.25) is 0 Å². The SMILES string of the molecule is CC(=O)C(Sc1nc(C)cc(=O)[nH]1)C(=O)Nc1ccccc1. The van der Waals surface area contributed by atoms with Crippen LogP contribution in [0.4, 0.5) is 5.69 Å². The average Bonchev–Trinajstić information content (AvgIpc) is 2.44. The number of amides is 1. The number of H-pyrrole nitrogens is 1. The first kappa shape index (κ1) is 16.0. The standard InChI is InChI=1S/C15H15N3O3S/c1-9-8-12(20)18-15(16-9)22-13(10(2)19)14(21)17-11-6-4-3-5-7-11/h3-8,13H,1-2H3,(H,17,21)(H,16,18,20). The van der Waals surface area contributed by atoms with Gasteiger partial charge in [0.1, 0.15) is 5.25 Å². The molecule has 2 N–H and O–H groups in total. The van der Waals surface area contributed by atoms with Crippen molar-refractivity contribution in [1.82, 2.24) is 9.97 Å². The maximum absolute atomic E-state index is 12.3. The number of ketones is 1. The summed E-state index contributed by atoms with van der Waals surface area (Å²) in [6.07, 6.45) is 0. The highest BCUT2D eigenvalue weighted by Gasteiger charge is 2.26. The molecule has 7 heteroatoms. The molecule has 2 rings (SSSR count). The van der Waals surface area contributed by atoms with Crippen LogP contribution in [0.5, 0.6) is 0 Å². The van der Waals surface area contributed by atoms with Gasteiger partial charge in [-0.3, -0.25) is 14.4 Å². The molecule has 0 saturated heterocycles. The van der Waals surface area contributed by atoms with E-state index >= 15 is 0 Å². The van der Waals surface area contributed by atoms with Gasteiger partial charge in [0.15, 0.2) is 10.9 Å². The number of carbonyl (C=O) groups excluding carboxylic acids is 2. The highest BCUT2D eigenvalue weighted by molar-refractivity contribution is 8.01. The number of anilines is 1. The maximum Gasteiger partial charge on any atom is 0.251 e. The predicted molar refractivity (Wildman–Crippen MR) is 85.0 cm³/mol. The number of hydrogen-bond donors (Lipinski definition) is 2. The molecule has 1 aromatic carbocycles. The van der Waals surface area contributed by atoms with Crippen molar-refractivity contribution >= 4 is 29.1 Å². The molecule has 1 heterocycles. The second-order valence-corrected chi connectivity index (χ2v) is 5.75. The number of Topliss-reactive ketones (excluding diaryl/α,β-unsaturated/α-hetero) is 1. The summed E-state index contributed by atoms with van der Waals surface area (Å²) in [5.41, 5.74) is 0.808. The van der Waals surface area contributed by atoms with E-state index in [9.17, 15) is 14.4 Å². The molecule has 6 nitrogen and oxygen atoms in total. The van der Waals surface area contributed by atoms with Crippen molar-refractivity contribution in [2.75, 3.05) is 5.32 Å². The minimum absolute atomic E-state index is 0.244. The minimum Gasteiger partial charge on any atom is -0.325 e. The van der Waals surface area contributed by atoms with E-state index in [1.54, 1.807) is 31.2 Å². The molecule has 0 aliphatic rings. The fourth-order valence-electron chi connectivity index (χ4n) is 1.77. The molecule has 0 aliphatic heterocycles. The largest absolute Gasteiger partial charge is 0.325 e. The molecular formula is C15H15N3O3S. The fraction of sp³-hybridized carbons (Fsp3) is 0.200. The van der Waals surface area contributed by atoms with Crippen LogP contribution in [-0.2, 0) is 9.59 Å². The summed E-state index contributed by atoms with van der Waals surface area (Å²) < 4.78 is 0. The molecule has 0 radical (unpaired) electrons. The third-order valence-corrected chi connectivity index (χ3v) is 3.92. The molecule has 2 aromatic rings. The van der Waals surface area contributed by atoms with Gasteiger partial charge in [0.05, 0.1) is 0 Å². The number of hydrogen-bond acceptors (Lipinski definition) is 5. The monoisotopic (exact) mass is 317 g/mol. The van der Waals surface area contributed by atoms with Gasteiger partial charge in [-0.25, -0.2) is 4.98 Å². The lowest BCUT2D eigenvalue weighted by Gasteiger charge is -2.13. The number of nitrogens with one attached hydrogen (secondary N) is 2. The van der Waals surface area contributed by atoms with Gasteiger partial charge >= 0.3 is 0 Å². The zero-order valence-corrected chi connectivity index (χ0v) is 12.9. The normalized spacial score (nSPS) is 11.7. The number of rotatable bonds is 5. The van der Waals surface area contributed by atoms with Gasteiger partial charge < -0.3 is 10.3 Å². The molecule has 0 saturated carbocycles. The molecule has 114 valence electrons. The second kappa shape index (κ2) is 7.04. The quantitative estimate of drug-likeness (QED) is 0.498. The van der Waals surface area contributed by atoms with Crippen molar-refractivity contribution in [3.8, 4) is 0 Å². The maximum atomic E-state index is 12.3. The van der Waals surface area contributed by atoms with Gasteiger partial charge in [-0.1, -0.05) is 30.0 Å². The van der Waals surface area contributed by atoms with Crippen molar-refractivity contribution in [3.63, 3.8) is 0 Å². The third-order valence-electron chi connectivity index (χ3n) is 2.73. The smallest absolute Gasteiger partial charge is 0.251 e. The van der Waals surface area contributed by atoms with Crippen molar-refractivity contribution < 1.29 is 9.59 Å². The topological polar surface area (TPSA) is 91.9 Å². The number of carbonyl (C=O) groups is 2. The Labute approximate surface area is 131 Å². The Kier molecular flexibility index (Phi) is 5.11. The van der Waals surface area contributed by atoms with Gasteiger partial charge in [0.2, 0.25) is 5.91 Å². The van der Waals surface area contributed by atoms with Gasteiger partial charge in [-0.2, -0.15) is 0 Å². The van der Waals surface area contributed by atoms with Crippen molar-refractivity contribution in [2.45, 2.75) is 24.3 Å². The molecule has 1 unspecified atom stereocenters. The van der Waals surface area contributed by atoms with Gasteiger partial charge in [-0.05, 0) is 26.0 Å². The molecular weight excluding hydrogens is 302 g/mol. The molecule has 1 atom stereocenters. The second-order valence-electron chi connectivity index (χ2n) is 4.66. The highest BCUT2D eigenvalue weighted by Crippen LogP contribution is 2.21. The lowest BCUT2D eigenvalue weighted by molar-refractivity contribution is -0.123. The number of nitrogens with zero attached hydrogens (tertiary/aromatic N) is 1. The van der Waals surface area contributed by atoms with E-state index in [4.69, 9.17) is 0 Å². The first-order valence-electron chi connectivity index (χ1n) is 6.56. The Hall–Kier alpha value is -2.41. The highest BCUT2D eigenvalue weighted by atomic mass is 32.2. The summed E-state index contributed by atoms with van der Waals surface area (Å²) >= 11 is 0.924. The molecule has 0 fully saturated rings. The van der Waals surface area contributed by atoms with Gasteiger partial charge in [0, 0.05) is 17.4 Å². The first-order chi connectivity index (χ1) is 10.5. The van der Waals surface area contributed by atoms with E-state index in [-0.39, 0.29) is 16.5 Å². The van der Waals surface area contributed by atoms with E-state index in [0.29, 0.717) is 11.4 Å². The molecule has 22 heavy (non-hydrogen) atoms. The lowest BCUT2D eigenvalue weighted by Crippen LogP contribution is -2.31. The number of thioether (sulfide) groups is 1. The summed E-state index contributed by atoms with van der Waals surface area (Å²) in [5.74, 6) is -0.768. The molecule has 0 bridgehead atoms. The fourth-order valence-corrected chi connectivity index (χ4v) is 2.68. The van der Waals surface area contributed by atoms with E-state index < -0.39 is 11.2 Å². The van der Waals surface area contributed by atoms with Crippen molar-refractivity contribution in [3.05, 3.63) is 52.4 Å². The Bertz CT molecular complexity index is 743. The minimum atomic E-state index is -0.981. The van der Waals surface area contributed by atoms with E-state index in [0.717, 1.165) is 11.8 Å². The Morgan fingerprint density at radius 1 is 1.27 bits per heavy atom. The summed E-state index contributed by atoms with van der Waals surface area (Å²) in [5, 5.41) is 1.93. The van der Waals surface area contributed by atoms with Crippen LogP contribution < -0.4 is 10.9 Å². The average molecular weight is 317 g/mol. The van der Waals surface area contributed by atoms with E-state index in [1.807, 2.05) is 6.07 Å². The summed E-state index contributed by atoms with van der Waals surface area (Å²) in [7, 11) is 0. The van der Waals surface area contributed by atoms with Crippen LogP contribution in [0.1, 0.15) is 12.6 Å². The van der Waals surface area contributed by atoms with Crippen molar-refractivity contribution in [2.24, 2.45) is 0 Å². The Morgan fingerprint density at radius 3 is 2.55 bits per heavy atom. The van der Waals surface area contributed by atoms with Crippen LogP contribution in [0.3, 0.4) is 0 Å². The zero-order valence-electron chi connectivity index (χ0n) is 12.1. The van der Waals surface area contributed by atoms with E-state index in [2.05, 4.69) is 15.3 Å². The Balaban J connectivity index is 2.17. The van der Waals surface area contributed by atoms with Crippen LogP contribution in [0, 0.1) is 6.92 Å². The summed E-state index contributed by atoms with van der Waals surface area (Å²) in [4.78, 5) is 42.1. The predicted octanol–water partition coefficient (Wildman–Crippen LogP) is 1.77. The number of aromatic nitrogens is 2. The third kappa shape index (κ3) is 4.29. The number of aromatic amines is 1. The first-order valence-corrected chi connectivity index (χ1v) is 7.44. The summed E-state index contributed by atoms with van der Waals surface area (Å²) in [6.45, 7) is 3.00. The van der Waals surface area contributed by atoms with Gasteiger partial charge in [-0.15, -0.1) is 0 Å². The zero-order chi connectivity index (χ0) is 16.1. The molecule has 1 amide bonds. The van der Waals surface area contributed by atoms with Crippen LogP contribution in [-0.4, -0.2) is 26.9 Å². The Morgan fingerprint density at radius 2 is 1.95 bits per heavy atom. The number of para-hydroxylation sites is 1. The lowest BCUT2D eigenvalue weighted by atomic mass is 10.2. The summed E-state index contributed by atoms with van der Waals surface area (Å²) in [6, 6.07) is 10.2. The van der Waals surface area contributed by atoms with Crippen LogP contribution in [0.25, 0.3) is 0 Å². The van der Waals surface area contributed by atoms with Crippen LogP contribution in [0.15, 0.2) is 46.3 Å². The number of benzene rings is 1. The van der Waals surface area contributed by atoms with E-state index in [1.165, 1.54) is 13.0 Å².